The molecule has 0 spiro atoms. The van der Waals surface area contributed by atoms with Crippen molar-refractivity contribution in [2.75, 3.05) is 41.9 Å². The van der Waals surface area contributed by atoms with Crippen LogP contribution in [-0.2, 0) is 14.8 Å². The normalized spacial score (nSPS) is 15.7. The third-order valence-corrected chi connectivity index (χ3v) is 7.00. The molecule has 0 aliphatic carbocycles. The predicted octanol–water partition coefficient (Wildman–Crippen LogP) is 2.10. The van der Waals surface area contributed by atoms with Crippen LogP contribution in [0, 0.1) is 11.7 Å². The molecule has 0 radical (unpaired) electrons. The number of pyridine rings is 1. The number of piperazine rings is 1. The Morgan fingerprint density at radius 2 is 1.72 bits per heavy atom. The van der Waals surface area contributed by atoms with Crippen molar-refractivity contribution in [2.45, 2.75) is 31.8 Å². The van der Waals surface area contributed by atoms with E-state index in [1.807, 2.05) is 18.7 Å². The molecule has 1 aliphatic rings. The number of aliphatic hydroxyl groups excluding tert-OH is 1. The zero-order valence-corrected chi connectivity index (χ0v) is 19.3. The van der Waals surface area contributed by atoms with E-state index in [0.29, 0.717) is 37.7 Å². The summed E-state index contributed by atoms with van der Waals surface area (Å²) in [4.78, 5) is 19.9. The van der Waals surface area contributed by atoms with Gasteiger partial charge >= 0.3 is 0 Å². The lowest BCUT2D eigenvalue weighted by molar-refractivity contribution is -0.139. The summed E-state index contributed by atoms with van der Waals surface area (Å²) in [6, 6.07) is 8.54. The van der Waals surface area contributed by atoms with Crippen LogP contribution >= 0.6 is 0 Å². The molecular weight excluding hydrogens is 435 g/mol. The SMILES string of the molecule is CC(C)CN(c1ccc(F)cc1)S(=O)(=O)c1ccc(N2CCN(C(=O)C(C)O)CC2)nc1. The van der Waals surface area contributed by atoms with E-state index < -0.39 is 21.9 Å². The zero-order chi connectivity index (χ0) is 23.5. The fourth-order valence-electron chi connectivity index (χ4n) is 3.54. The smallest absolute Gasteiger partial charge is 0.265 e. The molecule has 1 N–H and O–H groups in total. The third kappa shape index (κ3) is 5.36. The average Bonchev–Trinajstić information content (AvgIpc) is 2.77. The van der Waals surface area contributed by atoms with Crippen LogP contribution in [0.15, 0.2) is 47.5 Å². The molecule has 2 aromatic rings. The second kappa shape index (κ2) is 9.83. The number of hydrogen-bond acceptors (Lipinski definition) is 6. The maximum absolute atomic E-state index is 13.3. The maximum atomic E-state index is 13.3. The number of carbonyl (C=O) groups excluding carboxylic acids is 1. The molecule has 3 rings (SSSR count). The van der Waals surface area contributed by atoms with Crippen molar-refractivity contribution in [2.24, 2.45) is 5.92 Å². The van der Waals surface area contributed by atoms with Crippen molar-refractivity contribution in [1.82, 2.24) is 9.88 Å². The number of halogens is 1. The number of aliphatic hydroxyl groups is 1. The highest BCUT2D eigenvalue weighted by molar-refractivity contribution is 7.92. The topological polar surface area (TPSA) is 94.1 Å². The average molecular weight is 465 g/mol. The number of benzene rings is 1. The van der Waals surface area contributed by atoms with Crippen molar-refractivity contribution in [3.05, 3.63) is 48.4 Å². The van der Waals surface area contributed by atoms with Gasteiger partial charge in [-0.2, -0.15) is 0 Å². The van der Waals surface area contributed by atoms with Gasteiger partial charge in [-0.05, 0) is 49.2 Å². The Balaban J connectivity index is 1.77. The molecular formula is C22H29FN4O4S. The highest BCUT2D eigenvalue weighted by Gasteiger charge is 2.28. The number of rotatable bonds is 7. The monoisotopic (exact) mass is 464 g/mol. The largest absolute Gasteiger partial charge is 0.384 e. The van der Waals surface area contributed by atoms with Crippen molar-refractivity contribution in [3.63, 3.8) is 0 Å². The first-order valence-electron chi connectivity index (χ1n) is 10.6. The van der Waals surface area contributed by atoms with Crippen molar-refractivity contribution >= 4 is 27.4 Å². The summed E-state index contributed by atoms with van der Waals surface area (Å²) < 4.78 is 41.3. The molecule has 1 amide bonds. The van der Waals surface area contributed by atoms with Gasteiger partial charge in [0.15, 0.2) is 0 Å². The minimum atomic E-state index is -3.89. The Labute approximate surface area is 188 Å². The number of aromatic nitrogens is 1. The van der Waals surface area contributed by atoms with Crippen LogP contribution in [0.25, 0.3) is 0 Å². The van der Waals surface area contributed by atoms with Gasteiger partial charge in [-0.15, -0.1) is 0 Å². The van der Waals surface area contributed by atoms with Crippen LogP contribution in [0.3, 0.4) is 0 Å². The maximum Gasteiger partial charge on any atom is 0.265 e. The van der Waals surface area contributed by atoms with E-state index >= 15 is 0 Å². The van der Waals surface area contributed by atoms with Crippen LogP contribution in [0.1, 0.15) is 20.8 Å². The predicted molar refractivity (Wildman–Crippen MR) is 120 cm³/mol. The summed E-state index contributed by atoms with van der Waals surface area (Å²) in [6.07, 6.45) is 0.300. The van der Waals surface area contributed by atoms with Gasteiger partial charge in [-0.3, -0.25) is 9.10 Å². The molecule has 0 saturated carbocycles. The molecule has 32 heavy (non-hydrogen) atoms. The number of anilines is 2. The number of nitrogens with zero attached hydrogens (tertiary/aromatic N) is 4. The van der Waals surface area contributed by atoms with Gasteiger partial charge in [0.1, 0.15) is 22.6 Å². The molecule has 0 bridgehead atoms. The number of amides is 1. The molecule has 1 fully saturated rings. The summed E-state index contributed by atoms with van der Waals surface area (Å²) in [5.74, 6) is -0.0602. The highest BCUT2D eigenvalue weighted by atomic mass is 32.2. The van der Waals surface area contributed by atoms with E-state index in [4.69, 9.17) is 0 Å². The van der Waals surface area contributed by atoms with E-state index in [1.54, 1.807) is 11.0 Å². The molecule has 8 nitrogen and oxygen atoms in total. The lowest BCUT2D eigenvalue weighted by Gasteiger charge is -2.36. The second-order valence-corrected chi connectivity index (χ2v) is 10.1. The van der Waals surface area contributed by atoms with Crippen molar-refractivity contribution in [3.8, 4) is 0 Å². The molecule has 1 unspecified atom stereocenters. The summed E-state index contributed by atoms with van der Waals surface area (Å²) >= 11 is 0. The quantitative estimate of drug-likeness (QED) is 0.675. The standard InChI is InChI=1S/C22H29FN4O4S/c1-16(2)15-27(19-6-4-18(23)5-7-19)32(30,31)20-8-9-21(24-14-20)25-10-12-26(13-11-25)22(29)17(3)28/h4-9,14,16-17,28H,10-13,15H2,1-3H3. The Bertz CT molecular complexity index is 1020. The highest BCUT2D eigenvalue weighted by Crippen LogP contribution is 2.26. The number of carbonyl (C=O) groups is 1. The zero-order valence-electron chi connectivity index (χ0n) is 18.5. The summed E-state index contributed by atoms with van der Waals surface area (Å²) in [5.41, 5.74) is 0.392. The minimum absolute atomic E-state index is 0.0501. The third-order valence-electron chi connectivity index (χ3n) is 5.23. The van der Waals surface area contributed by atoms with Crippen molar-refractivity contribution < 1.29 is 22.7 Å². The first-order valence-corrected chi connectivity index (χ1v) is 12.0. The Morgan fingerprint density at radius 3 is 2.22 bits per heavy atom. The lowest BCUT2D eigenvalue weighted by Crippen LogP contribution is -2.51. The molecule has 10 heteroatoms. The van der Waals surface area contributed by atoms with Gasteiger partial charge in [-0.25, -0.2) is 17.8 Å². The number of hydrogen-bond donors (Lipinski definition) is 1. The summed E-state index contributed by atoms with van der Waals surface area (Å²) in [6.45, 7) is 7.50. The number of sulfonamides is 1. The van der Waals surface area contributed by atoms with Gasteiger partial charge in [0.05, 0.1) is 5.69 Å². The van der Waals surface area contributed by atoms with Crippen LogP contribution in [0.4, 0.5) is 15.9 Å². The van der Waals surface area contributed by atoms with Gasteiger partial charge in [0.25, 0.3) is 15.9 Å². The van der Waals surface area contributed by atoms with Crippen molar-refractivity contribution in [1.29, 1.82) is 0 Å². The fraction of sp³-hybridized carbons (Fsp3) is 0.455. The molecule has 1 atom stereocenters. The summed E-state index contributed by atoms with van der Waals surface area (Å²) in [5, 5.41) is 9.46. The van der Waals surface area contributed by atoms with Crippen LogP contribution in [0.2, 0.25) is 0 Å². The van der Waals surface area contributed by atoms with E-state index in [1.165, 1.54) is 47.8 Å². The van der Waals surface area contributed by atoms with E-state index in [-0.39, 0.29) is 23.3 Å². The molecule has 1 aromatic heterocycles. The van der Waals surface area contributed by atoms with Gasteiger partial charge in [-0.1, -0.05) is 13.8 Å². The molecule has 174 valence electrons. The molecule has 1 saturated heterocycles. The Morgan fingerprint density at radius 1 is 1.09 bits per heavy atom. The van der Waals surface area contributed by atoms with Gasteiger partial charge in [0.2, 0.25) is 0 Å². The first-order chi connectivity index (χ1) is 15.1. The summed E-state index contributed by atoms with van der Waals surface area (Å²) in [7, 11) is -3.89. The van der Waals surface area contributed by atoms with Crippen LogP contribution in [0.5, 0.6) is 0 Å². The van der Waals surface area contributed by atoms with Gasteiger partial charge < -0.3 is 14.9 Å². The fourth-order valence-corrected chi connectivity index (χ4v) is 5.11. The molecule has 1 aromatic carbocycles. The van der Waals surface area contributed by atoms with E-state index in [2.05, 4.69) is 4.98 Å². The van der Waals surface area contributed by atoms with Crippen LogP contribution < -0.4 is 9.21 Å². The minimum Gasteiger partial charge on any atom is -0.384 e. The van der Waals surface area contributed by atoms with Gasteiger partial charge in [0, 0.05) is 38.9 Å². The Kier molecular flexibility index (Phi) is 7.35. The Hall–Kier alpha value is -2.72. The van der Waals surface area contributed by atoms with Crippen LogP contribution in [-0.4, -0.2) is 68.1 Å². The van der Waals surface area contributed by atoms with E-state index in [0.717, 1.165) is 0 Å². The second-order valence-electron chi connectivity index (χ2n) is 8.25. The first kappa shape index (κ1) is 23.9. The lowest BCUT2D eigenvalue weighted by atomic mass is 10.2. The van der Waals surface area contributed by atoms with E-state index in [9.17, 15) is 22.7 Å². The molecule has 1 aliphatic heterocycles. The molecule has 2 heterocycles.